The van der Waals surface area contributed by atoms with E-state index >= 15 is 0 Å². The average Bonchev–Trinajstić information content (AvgIpc) is 2.67. The van der Waals surface area contributed by atoms with E-state index in [4.69, 9.17) is 4.74 Å². The molecule has 2 atom stereocenters. The molecule has 2 aromatic carbocycles. The van der Waals surface area contributed by atoms with Gasteiger partial charge in [-0.25, -0.2) is 4.39 Å². The second kappa shape index (κ2) is 7.47. The molecule has 0 amide bonds. The molecular formula is C23H28FNO3. The van der Waals surface area contributed by atoms with Crippen LogP contribution in [0, 0.1) is 19.7 Å². The number of likely N-dealkylation sites (tertiary alicyclic amines) is 1. The lowest BCUT2D eigenvalue weighted by Crippen LogP contribution is -2.51. The van der Waals surface area contributed by atoms with Crippen LogP contribution < -0.4 is 4.74 Å². The molecule has 2 N–H and O–H groups in total. The molecule has 2 aromatic rings. The summed E-state index contributed by atoms with van der Waals surface area (Å²) in [6.07, 6.45) is 0.819. The highest BCUT2D eigenvalue weighted by Gasteiger charge is 2.43. The highest BCUT2D eigenvalue weighted by atomic mass is 19.1. The first-order valence-electron chi connectivity index (χ1n) is 9.99. The van der Waals surface area contributed by atoms with Gasteiger partial charge in [-0.1, -0.05) is 18.2 Å². The molecule has 0 aromatic heterocycles. The fourth-order valence-electron chi connectivity index (χ4n) is 4.38. The minimum absolute atomic E-state index is 0.354. The van der Waals surface area contributed by atoms with Crippen molar-refractivity contribution in [2.24, 2.45) is 0 Å². The smallest absolute Gasteiger partial charge is 0.126 e. The number of β-amino-alcohol motifs (C(OH)–C–C–N with tert-alkyl or cyclic N) is 1. The lowest BCUT2D eigenvalue weighted by molar-refractivity contribution is -0.0589. The molecule has 28 heavy (non-hydrogen) atoms. The van der Waals surface area contributed by atoms with E-state index in [-0.39, 0.29) is 5.82 Å². The molecule has 0 saturated carbocycles. The number of rotatable bonds is 3. The molecule has 1 fully saturated rings. The molecule has 0 aliphatic carbocycles. The van der Waals surface area contributed by atoms with E-state index in [1.165, 1.54) is 23.3 Å². The summed E-state index contributed by atoms with van der Waals surface area (Å²) in [5, 5.41) is 21.2. The van der Waals surface area contributed by atoms with Gasteiger partial charge in [0.15, 0.2) is 0 Å². The molecule has 1 saturated heterocycles. The Bertz CT molecular complexity index is 861. The maximum absolute atomic E-state index is 13.5. The number of fused-ring (bicyclic) bond motifs is 1. The minimum atomic E-state index is -0.702. The number of halogens is 1. The molecule has 5 heteroatoms. The number of hydrogen-bond donors (Lipinski definition) is 2. The Morgan fingerprint density at radius 1 is 1.14 bits per heavy atom. The van der Waals surface area contributed by atoms with Gasteiger partial charge in [-0.15, -0.1) is 0 Å². The molecule has 0 radical (unpaired) electrons. The Labute approximate surface area is 165 Å². The largest absolute Gasteiger partial charge is 0.487 e. The predicted octanol–water partition coefficient (Wildman–Crippen LogP) is 3.83. The van der Waals surface area contributed by atoms with Crippen molar-refractivity contribution in [3.05, 3.63) is 64.5 Å². The molecule has 4 rings (SSSR count). The zero-order valence-corrected chi connectivity index (χ0v) is 16.5. The maximum atomic E-state index is 13.5. The molecule has 2 aliphatic heterocycles. The summed E-state index contributed by atoms with van der Waals surface area (Å²) < 4.78 is 19.7. The van der Waals surface area contributed by atoms with Gasteiger partial charge in [-0.2, -0.15) is 0 Å². The van der Waals surface area contributed by atoms with Gasteiger partial charge in [0.1, 0.15) is 17.2 Å². The van der Waals surface area contributed by atoms with Crippen LogP contribution in [0.25, 0.3) is 0 Å². The van der Waals surface area contributed by atoms with Crippen LogP contribution in [-0.2, 0) is 0 Å². The number of aryl methyl sites for hydroxylation is 2. The van der Waals surface area contributed by atoms with Crippen LogP contribution in [-0.4, -0.2) is 40.3 Å². The van der Waals surface area contributed by atoms with Crippen molar-refractivity contribution in [1.29, 1.82) is 0 Å². The van der Waals surface area contributed by atoms with Crippen LogP contribution >= 0.6 is 0 Å². The Kier molecular flexibility index (Phi) is 5.17. The molecule has 0 bridgehead atoms. The van der Waals surface area contributed by atoms with Gasteiger partial charge in [-0.3, -0.25) is 0 Å². The molecule has 4 nitrogen and oxygen atoms in total. The Balaban J connectivity index is 1.39. The summed E-state index contributed by atoms with van der Waals surface area (Å²) in [6, 6.07) is 10.5. The van der Waals surface area contributed by atoms with E-state index < -0.39 is 17.8 Å². The van der Waals surface area contributed by atoms with E-state index in [0.717, 1.165) is 31.5 Å². The lowest BCUT2D eigenvalue weighted by Gasteiger charge is -2.46. The van der Waals surface area contributed by atoms with E-state index in [9.17, 15) is 14.6 Å². The summed E-state index contributed by atoms with van der Waals surface area (Å²) in [5.74, 6) is 0.233. The lowest BCUT2D eigenvalue weighted by atomic mass is 9.81. The van der Waals surface area contributed by atoms with Gasteiger partial charge in [0.25, 0.3) is 0 Å². The van der Waals surface area contributed by atoms with Gasteiger partial charge in [-0.05, 0) is 61.6 Å². The number of aliphatic hydroxyl groups is 2. The predicted molar refractivity (Wildman–Crippen MR) is 106 cm³/mol. The fraction of sp³-hybridized carbons (Fsp3) is 0.478. The van der Waals surface area contributed by atoms with E-state index in [1.54, 1.807) is 6.07 Å². The van der Waals surface area contributed by atoms with Crippen molar-refractivity contribution in [3.63, 3.8) is 0 Å². The number of hydrogen-bond acceptors (Lipinski definition) is 4. The zero-order chi connectivity index (χ0) is 19.9. The van der Waals surface area contributed by atoms with Crippen LogP contribution in [0.5, 0.6) is 5.75 Å². The highest BCUT2D eigenvalue weighted by Crippen LogP contribution is 2.44. The summed E-state index contributed by atoms with van der Waals surface area (Å²) in [5.41, 5.74) is 3.49. The maximum Gasteiger partial charge on any atom is 0.126 e. The summed E-state index contributed by atoms with van der Waals surface area (Å²) in [6.45, 7) is 6.31. The molecule has 0 unspecified atom stereocenters. The van der Waals surface area contributed by atoms with Crippen LogP contribution in [0.4, 0.5) is 4.39 Å². The summed E-state index contributed by atoms with van der Waals surface area (Å²) in [7, 11) is 0. The van der Waals surface area contributed by atoms with Gasteiger partial charge in [0.2, 0.25) is 0 Å². The first kappa shape index (κ1) is 19.4. The quantitative estimate of drug-likeness (QED) is 0.843. The third-order valence-corrected chi connectivity index (χ3v) is 6.34. The highest BCUT2D eigenvalue weighted by molar-refractivity contribution is 5.38. The summed E-state index contributed by atoms with van der Waals surface area (Å²) >= 11 is 0. The van der Waals surface area contributed by atoms with E-state index in [2.05, 4.69) is 30.9 Å². The third kappa shape index (κ3) is 3.79. The monoisotopic (exact) mass is 385 g/mol. The van der Waals surface area contributed by atoms with Crippen molar-refractivity contribution in [1.82, 2.24) is 4.90 Å². The van der Waals surface area contributed by atoms with Gasteiger partial charge < -0.3 is 19.8 Å². The van der Waals surface area contributed by atoms with E-state index in [0.29, 0.717) is 24.3 Å². The standard InChI is InChI=1S/C23H28FNO3/c1-15-3-4-17(11-16(15)2)21(27)14-25-9-7-23(8-10-25)13-20(26)19-12-18(24)5-6-22(19)28-23/h3-6,11-12,20-21,26-27H,7-10,13-14H2,1-2H3/t20-,21+/m1/s1. The van der Waals surface area contributed by atoms with Crippen molar-refractivity contribution in [2.75, 3.05) is 19.6 Å². The number of aliphatic hydroxyl groups excluding tert-OH is 2. The Hall–Kier alpha value is -1.95. The fourth-order valence-corrected chi connectivity index (χ4v) is 4.38. The van der Waals surface area contributed by atoms with Crippen LogP contribution in [0.15, 0.2) is 36.4 Å². The molecular weight excluding hydrogens is 357 g/mol. The van der Waals surface area contributed by atoms with Crippen molar-refractivity contribution in [3.8, 4) is 5.75 Å². The normalized spacial score (nSPS) is 22.5. The Morgan fingerprint density at radius 2 is 1.89 bits per heavy atom. The van der Waals surface area contributed by atoms with Gasteiger partial charge in [0.05, 0.1) is 12.2 Å². The SMILES string of the molecule is Cc1ccc([C@@H](O)CN2CCC3(CC2)C[C@@H](O)c2cc(F)ccc2O3)cc1C. The second-order valence-corrected chi connectivity index (χ2v) is 8.35. The average molecular weight is 385 g/mol. The van der Waals surface area contributed by atoms with Crippen molar-refractivity contribution >= 4 is 0 Å². The molecule has 2 heterocycles. The van der Waals surface area contributed by atoms with Crippen LogP contribution in [0.2, 0.25) is 0 Å². The minimum Gasteiger partial charge on any atom is -0.487 e. The van der Waals surface area contributed by atoms with Gasteiger partial charge in [0, 0.05) is 31.6 Å². The first-order chi connectivity index (χ1) is 13.3. The number of benzene rings is 2. The number of piperidine rings is 1. The topological polar surface area (TPSA) is 52.9 Å². The molecule has 150 valence electrons. The van der Waals surface area contributed by atoms with Crippen molar-refractivity contribution in [2.45, 2.75) is 50.9 Å². The van der Waals surface area contributed by atoms with Crippen LogP contribution in [0.3, 0.4) is 0 Å². The van der Waals surface area contributed by atoms with Crippen LogP contribution in [0.1, 0.15) is 53.7 Å². The third-order valence-electron chi connectivity index (χ3n) is 6.34. The zero-order valence-electron chi connectivity index (χ0n) is 16.5. The van der Waals surface area contributed by atoms with E-state index in [1.807, 2.05) is 6.07 Å². The second-order valence-electron chi connectivity index (χ2n) is 8.35. The van der Waals surface area contributed by atoms with Gasteiger partial charge >= 0.3 is 0 Å². The van der Waals surface area contributed by atoms with Crippen molar-refractivity contribution < 1.29 is 19.3 Å². The number of nitrogens with zero attached hydrogens (tertiary/aromatic N) is 1. The molecule has 2 aliphatic rings. The Morgan fingerprint density at radius 3 is 2.61 bits per heavy atom. The number of ether oxygens (including phenoxy) is 1. The summed E-state index contributed by atoms with van der Waals surface area (Å²) in [4.78, 5) is 2.25. The first-order valence-corrected chi connectivity index (χ1v) is 9.99. The molecule has 1 spiro atoms.